The number of amidine groups is 1. The molecule has 178 valence electrons. The number of nitrogens with two attached hydrogens (primary N) is 2. The lowest BCUT2D eigenvalue weighted by molar-refractivity contribution is 0.101. The number of carbonyl (C=O) groups is 1. The average Bonchev–Trinajstić information content (AvgIpc) is 3.21. The highest BCUT2D eigenvalue weighted by atomic mass is 32.2. The quantitative estimate of drug-likeness (QED) is 0.240. The molecule has 0 saturated heterocycles. The molecule has 4 aromatic rings. The average molecular weight is 493 g/mol. The molecule has 0 bridgehead atoms. The summed E-state index contributed by atoms with van der Waals surface area (Å²) < 4.78 is 38.8. The van der Waals surface area contributed by atoms with Gasteiger partial charge in [-0.1, -0.05) is 30.3 Å². The Morgan fingerprint density at radius 3 is 2.43 bits per heavy atom. The standard InChI is InChI=1S/C24H21FN6O3S/c1-14-11-21(31(30-14)19-4-2-3-16(12-19)23(26)27)24(32)29-18-8-5-15(6-9-18)20-10-7-17(25)13-22(20)35(28,33)34/h2-13H,1H3,(H3,26,27)(H,29,32)(H2,28,33,34). The Balaban J connectivity index is 1.62. The van der Waals surface area contributed by atoms with Crippen LogP contribution in [-0.4, -0.2) is 29.9 Å². The highest BCUT2D eigenvalue weighted by molar-refractivity contribution is 7.89. The molecule has 0 aliphatic carbocycles. The number of nitrogen functional groups attached to an aromatic ring is 1. The number of primary sulfonamides is 1. The summed E-state index contributed by atoms with van der Waals surface area (Å²) in [5.74, 6) is -1.26. The van der Waals surface area contributed by atoms with Crippen LogP contribution in [0.2, 0.25) is 0 Å². The van der Waals surface area contributed by atoms with Crippen LogP contribution >= 0.6 is 0 Å². The maximum absolute atomic E-state index is 13.6. The van der Waals surface area contributed by atoms with E-state index in [-0.39, 0.29) is 22.0 Å². The molecule has 0 fully saturated rings. The van der Waals surface area contributed by atoms with Gasteiger partial charge in [0.25, 0.3) is 5.91 Å². The van der Waals surface area contributed by atoms with Crippen molar-refractivity contribution in [3.8, 4) is 16.8 Å². The summed E-state index contributed by atoms with van der Waals surface area (Å²) in [6.07, 6.45) is 0. The molecule has 4 rings (SSSR count). The van der Waals surface area contributed by atoms with Crippen LogP contribution in [0.25, 0.3) is 16.8 Å². The van der Waals surface area contributed by atoms with Crippen LogP contribution < -0.4 is 16.2 Å². The van der Waals surface area contributed by atoms with E-state index < -0.39 is 21.7 Å². The molecule has 1 heterocycles. The van der Waals surface area contributed by atoms with E-state index in [9.17, 15) is 17.6 Å². The molecular weight excluding hydrogens is 471 g/mol. The van der Waals surface area contributed by atoms with Gasteiger partial charge >= 0.3 is 0 Å². The number of aromatic nitrogens is 2. The molecule has 1 amide bonds. The van der Waals surface area contributed by atoms with E-state index in [0.717, 1.165) is 12.1 Å². The highest BCUT2D eigenvalue weighted by Gasteiger charge is 2.18. The third-order valence-electron chi connectivity index (χ3n) is 5.17. The Bertz CT molecular complexity index is 1560. The van der Waals surface area contributed by atoms with Gasteiger partial charge in [-0.05, 0) is 55.0 Å². The first-order valence-electron chi connectivity index (χ1n) is 10.3. The first kappa shape index (κ1) is 23.8. The topological polar surface area (TPSA) is 157 Å². The molecule has 1 aromatic heterocycles. The van der Waals surface area contributed by atoms with E-state index in [4.69, 9.17) is 16.3 Å². The first-order valence-corrected chi connectivity index (χ1v) is 11.8. The van der Waals surface area contributed by atoms with Crippen LogP contribution in [-0.2, 0) is 10.0 Å². The van der Waals surface area contributed by atoms with E-state index in [2.05, 4.69) is 10.4 Å². The number of rotatable bonds is 6. The predicted octanol–water partition coefficient (Wildman–Crippen LogP) is 3.17. The summed E-state index contributed by atoms with van der Waals surface area (Å²) in [7, 11) is -4.15. The fourth-order valence-electron chi connectivity index (χ4n) is 3.56. The van der Waals surface area contributed by atoms with Gasteiger partial charge < -0.3 is 11.1 Å². The maximum Gasteiger partial charge on any atom is 0.274 e. The lowest BCUT2D eigenvalue weighted by Gasteiger charge is -2.11. The molecular formula is C24H21FN6O3S. The van der Waals surface area contributed by atoms with Crippen LogP contribution in [0.4, 0.5) is 10.1 Å². The van der Waals surface area contributed by atoms with Crippen LogP contribution in [0.15, 0.2) is 77.7 Å². The predicted molar refractivity (Wildman–Crippen MR) is 130 cm³/mol. The second kappa shape index (κ2) is 9.12. The van der Waals surface area contributed by atoms with E-state index in [1.165, 1.54) is 10.7 Å². The van der Waals surface area contributed by atoms with Gasteiger partial charge in [0, 0.05) is 16.8 Å². The normalized spacial score (nSPS) is 11.3. The van der Waals surface area contributed by atoms with Crippen LogP contribution in [0.3, 0.4) is 0 Å². The molecule has 6 N–H and O–H groups in total. The van der Waals surface area contributed by atoms with Gasteiger partial charge in [0.05, 0.1) is 16.3 Å². The number of carbonyl (C=O) groups excluding carboxylic acids is 1. The van der Waals surface area contributed by atoms with Gasteiger partial charge in [-0.2, -0.15) is 5.10 Å². The van der Waals surface area contributed by atoms with Crippen molar-refractivity contribution < 1.29 is 17.6 Å². The second-order valence-corrected chi connectivity index (χ2v) is 9.29. The number of aryl methyl sites for hydroxylation is 1. The summed E-state index contributed by atoms with van der Waals surface area (Å²) in [5.41, 5.74) is 8.69. The Labute approximate surface area is 200 Å². The van der Waals surface area contributed by atoms with Crippen molar-refractivity contribution in [2.45, 2.75) is 11.8 Å². The largest absolute Gasteiger partial charge is 0.384 e. The number of nitrogens with one attached hydrogen (secondary N) is 2. The van der Waals surface area contributed by atoms with E-state index in [1.807, 2.05) is 0 Å². The molecule has 11 heteroatoms. The zero-order valence-corrected chi connectivity index (χ0v) is 19.3. The zero-order chi connectivity index (χ0) is 25.3. The van der Waals surface area contributed by atoms with E-state index in [1.54, 1.807) is 61.5 Å². The molecule has 0 aliphatic rings. The van der Waals surface area contributed by atoms with E-state index >= 15 is 0 Å². The van der Waals surface area contributed by atoms with Gasteiger partial charge in [-0.3, -0.25) is 10.2 Å². The minimum atomic E-state index is -4.15. The number of anilines is 1. The Morgan fingerprint density at radius 2 is 1.77 bits per heavy atom. The number of benzene rings is 3. The van der Waals surface area contributed by atoms with Crippen LogP contribution in [0.5, 0.6) is 0 Å². The lowest BCUT2D eigenvalue weighted by Crippen LogP contribution is -2.17. The summed E-state index contributed by atoms with van der Waals surface area (Å²) >= 11 is 0. The lowest BCUT2D eigenvalue weighted by atomic mass is 10.1. The molecule has 0 unspecified atom stereocenters. The number of halogens is 1. The molecule has 0 aliphatic heterocycles. The highest BCUT2D eigenvalue weighted by Crippen LogP contribution is 2.28. The van der Waals surface area contributed by atoms with Crippen molar-refractivity contribution in [3.63, 3.8) is 0 Å². The summed E-state index contributed by atoms with van der Waals surface area (Å²) in [6.45, 7) is 1.75. The minimum Gasteiger partial charge on any atom is -0.384 e. The number of hydrogen-bond acceptors (Lipinski definition) is 5. The van der Waals surface area contributed by atoms with Gasteiger partial charge in [-0.15, -0.1) is 0 Å². The Morgan fingerprint density at radius 1 is 1.06 bits per heavy atom. The van der Waals surface area contributed by atoms with Crippen LogP contribution in [0.1, 0.15) is 21.7 Å². The van der Waals surface area contributed by atoms with Gasteiger partial charge in [0.15, 0.2) is 0 Å². The molecule has 35 heavy (non-hydrogen) atoms. The molecule has 3 aromatic carbocycles. The smallest absolute Gasteiger partial charge is 0.274 e. The van der Waals surface area contributed by atoms with Gasteiger partial charge in [0.1, 0.15) is 17.3 Å². The van der Waals surface area contributed by atoms with Gasteiger partial charge in [-0.25, -0.2) is 22.6 Å². The molecule has 9 nitrogen and oxygen atoms in total. The number of nitrogens with zero attached hydrogens (tertiary/aromatic N) is 2. The SMILES string of the molecule is Cc1cc(C(=O)Nc2ccc(-c3ccc(F)cc3S(N)(=O)=O)cc2)n(-c2cccc(C(=N)N)c2)n1. The molecule has 0 radical (unpaired) electrons. The second-order valence-electron chi connectivity index (χ2n) is 7.76. The monoisotopic (exact) mass is 492 g/mol. The number of hydrogen-bond donors (Lipinski definition) is 4. The van der Waals surface area contributed by atoms with Crippen LogP contribution in [0, 0.1) is 18.2 Å². The summed E-state index contributed by atoms with van der Waals surface area (Å²) in [4.78, 5) is 12.7. The Kier molecular flexibility index (Phi) is 6.20. The van der Waals surface area contributed by atoms with Crippen molar-refractivity contribution in [2.24, 2.45) is 10.9 Å². The van der Waals surface area contributed by atoms with Crippen molar-refractivity contribution in [2.75, 3.05) is 5.32 Å². The molecule has 0 atom stereocenters. The molecule has 0 saturated carbocycles. The first-order chi connectivity index (χ1) is 16.5. The summed E-state index contributed by atoms with van der Waals surface area (Å²) in [6, 6.07) is 18.1. The number of amides is 1. The zero-order valence-electron chi connectivity index (χ0n) is 18.5. The van der Waals surface area contributed by atoms with Gasteiger partial charge in [0.2, 0.25) is 10.0 Å². The summed E-state index contributed by atoms with van der Waals surface area (Å²) in [5, 5.41) is 20.0. The Hall–Kier alpha value is -4.35. The van der Waals surface area contributed by atoms with Crippen molar-refractivity contribution in [1.82, 2.24) is 9.78 Å². The maximum atomic E-state index is 13.6. The van der Waals surface area contributed by atoms with Crippen molar-refractivity contribution in [1.29, 1.82) is 5.41 Å². The van der Waals surface area contributed by atoms with Crippen molar-refractivity contribution in [3.05, 3.63) is 95.6 Å². The van der Waals surface area contributed by atoms with E-state index in [0.29, 0.717) is 28.2 Å². The fraction of sp³-hybridized carbons (Fsp3) is 0.0417. The minimum absolute atomic E-state index is 0.103. The molecule has 0 spiro atoms. The third-order valence-corrected chi connectivity index (χ3v) is 6.12. The fourth-order valence-corrected chi connectivity index (χ4v) is 4.33. The third kappa shape index (κ3) is 5.10. The van der Waals surface area contributed by atoms with Crippen molar-refractivity contribution >= 4 is 27.5 Å². The number of sulfonamides is 1.